The molecule has 3 rings (SSSR count). The SMILES string of the molecule is CN1CCCC[C@H](c2ccc(-c3ccccc3)cn2)C1=O. The van der Waals surface area contributed by atoms with E-state index < -0.39 is 0 Å². The van der Waals surface area contributed by atoms with E-state index in [-0.39, 0.29) is 11.8 Å². The van der Waals surface area contributed by atoms with Crippen molar-refractivity contribution in [1.82, 2.24) is 9.88 Å². The number of carbonyl (C=O) groups excluding carboxylic acids is 1. The maximum absolute atomic E-state index is 12.4. The van der Waals surface area contributed by atoms with E-state index in [4.69, 9.17) is 0 Å². The molecule has 21 heavy (non-hydrogen) atoms. The highest BCUT2D eigenvalue weighted by atomic mass is 16.2. The normalized spacial score (nSPS) is 19.4. The summed E-state index contributed by atoms with van der Waals surface area (Å²) in [6.07, 6.45) is 4.95. The van der Waals surface area contributed by atoms with Gasteiger partial charge in [-0.1, -0.05) is 42.8 Å². The second-order valence-corrected chi connectivity index (χ2v) is 5.65. The molecule has 3 heteroatoms. The summed E-state index contributed by atoms with van der Waals surface area (Å²) in [4.78, 5) is 18.8. The van der Waals surface area contributed by atoms with E-state index in [9.17, 15) is 4.79 Å². The first-order valence-corrected chi connectivity index (χ1v) is 7.52. The molecular formula is C18H20N2O. The lowest BCUT2D eigenvalue weighted by Crippen LogP contribution is -2.30. The van der Waals surface area contributed by atoms with Crippen molar-refractivity contribution in [1.29, 1.82) is 0 Å². The molecule has 0 radical (unpaired) electrons. The molecule has 1 aromatic carbocycles. The Bertz CT molecular complexity index is 607. The second-order valence-electron chi connectivity index (χ2n) is 5.65. The van der Waals surface area contributed by atoms with Gasteiger partial charge in [0, 0.05) is 25.4 Å². The number of hydrogen-bond acceptors (Lipinski definition) is 2. The Morgan fingerprint density at radius 3 is 2.57 bits per heavy atom. The van der Waals surface area contributed by atoms with Crippen molar-refractivity contribution in [2.75, 3.05) is 13.6 Å². The van der Waals surface area contributed by atoms with Gasteiger partial charge in [0.2, 0.25) is 5.91 Å². The number of pyridine rings is 1. The summed E-state index contributed by atoms with van der Waals surface area (Å²) in [6.45, 7) is 0.859. The van der Waals surface area contributed by atoms with E-state index >= 15 is 0 Å². The van der Waals surface area contributed by atoms with Crippen LogP contribution in [0.2, 0.25) is 0 Å². The number of carbonyl (C=O) groups is 1. The quantitative estimate of drug-likeness (QED) is 0.844. The molecular weight excluding hydrogens is 260 g/mol. The number of nitrogens with zero attached hydrogens (tertiary/aromatic N) is 2. The Balaban J connectivity index is 1.85. The lowest BCUT2D eigenvalue weighted by atomic mass is 9.97. The minimum absolute atomic E-state index is 0.0812. The molecule has 0 N–H and O–H groups in total. The first-order valence-electron chi connectivity index (χ1n) is 7.52. The molecule has 0 spiro atoms. The highest BCUT2D eigenvalue weighted by Gasteiger charge is 2.27. The van der Waals surface area contributed by atoms with Gasteiger partial charge >= 0.3 is 0 Å². The van der Waals surface area contributed by atoms with Crippen molar-refractivity contribution in [2.24, 2.45) is 0 Å². The smallest absolute Gasteiger partial charge is 0.231 e. The largest absolute Gasteiger partial charge is 0.345 e. The van der Waals surface area contributed by atoms with Crippen molar-refractivity contribution in [3.63, 3.8) is 0 Å². The minimum atomic E-state index is -0.0812. The Kier molecular flexibility index (Phi) is 4.00. The van der Waals surface area contributed by atoms with E-state index in [2.05, 4.69) is 23.2 Å². The summed E-state index contributed by atoms with van der Waals surface area (Å²) in [5, 5.41) is 0. The van der Waals surface area contributed by atoms with Crippen LogP contribution in [0.1, 0.15) is 30.9 Å². The molecule has 1 aliphatic heterocycles. The summed E-state index contributed by atoms with van der Waals surface area (Å²) in [5.74, 6) is 0.120. The van der Waals surface area contributed by atoms with Gasteiger partial charge in [-0.05, 0) is 24.5 Å². The number of amides is 1. The summed E-state index contributed by atoms with van der Waals surface area (Å²) in [7, 11) is 1.89. The maximum Gasteiger partial charge on any atom is 0.231 e. The van der Waals surface area contributed by atoms with E-state index in [0.29, 0.717) is 0 Å². The lowest BCUT2D eigenvalue weighted by molar-refractivity contribution is -0.131. The van der Waals surface area contributed by atoms with Crippen LogP contribution in [0.15, 0.2) is 48.7 Å². The molecule has 1 amide bonds. The Morgan fingerprint density at radius 1 is 1.05 bits per heavy atom. The molecule has 0 saturated carbocycles. The van der Waals surface area contributed by atoms with Crippen LogP contribution in [0.3, 0.4) is 0 Å². The molecule has 2 aromatic rings. The van der Waals surface area contributed by atoms with Gasteiger partial charge in [0.25, 0.3) is 0 Å². The highest BCUT2D eigenvalue weighted by Crippen LogP contribution is 2.27. The summed E-state index contributed by atoms with van der Waals surface area (Å²) in [6, 6.07) is 14.3. The molecule has 0 aliphatic carbocycles. The predicted molar refractivity (Wildman–Crippen MR) is 83.9 cm³/mol. The van der Waals surface area contributed by atoms with Crippen molar-refractivity contribution >= 4 is 5.91 Å². The highest BCUT2D eigenvalue weighted by molar-refractivity contribution is 5.83. The van der Waals surface area contributed by atoms with Crippen LogP contribution in [0.25, 0.3) is 11.1 Å². The van der Waals surface area contributed by atoms with Crippen molar-refractivity contribution in [2.45, 2.75) is 25.2 Å². The minimum Gasteiger partial charge on any atom is -0.345 e. The molecule has 0 unspecified atom stereocenters. The van der Waals surface area contributed by atoms with Gasteiger partial charge in [-0.2, -0.15) is 0 Å². The van der Waals surface area contributed by atoms with Crippen LogP contribution in [0.5, 0.6) is 0 Å². The molecule has 1 atom stereocenters. The molecule has 1 aromatic heterocycles. The fourth-order valence-electron chi connectivity index (χ4n) is 2.88. The topological polar surface area (TPSA) is 33.2 Å². The molecule has 1 saturated heterocycles. The fourth-order valence-corrected chi connectivity index (χ4v) is 2.88. The third kappa shape index (κ3) is 2.97. The van der Waals surface area contributed by atoms with Gasteiger partial charge in [-0.3, -0.25) is 9.78 Å². The first-order chi connectivity index (χ1) is 10.3. The second kappa shape index (κ2) is 6.08. The number of likely N-dealkylation sites (N-methyl/N-ethyl adjacent to an activating group) is 1. The van der Waals surface area contributed by atoms with Crippen LogP contribution in [-0.4, -0.2) is 29.4 Å². The van der Waals surface area contributed by atoms with Crippen molar-refractivity contribution in [3.8, 4) is 11.1 Å². The average molecular weight is 280 g/mol. The third-order valence-electron chi connectivity index (χ3n) is 4.16. The summed E-state index contributed by atoms with van der Waals surface area (Å²) in [5.41, 5.74) is 3.14. The van der Waals surface area contributed by atoms with Crippen LogP contribution in [-0.2, 0) is 4.79 Å². The van der Waals surface area contributed by atoms with E-state index in [1.165, 1.54) is 0 Å². The number of rotatable bonds is 2. The van der Waals surface area contributed by atoms with E-state index in [0.717, 1.165) is 42.6 Å². The van der Waals surface area contributed by atoms with Crippen LogP contribution >= 0.6 is 0 Å². The third-order valence-corrected chi connectivity index (χ3v) is 4.16. The molecule has 108 valence electrons. The van der Waals surface area contributed by atoms with Crippen LogP contribution < -0.4 is 0 Å². The number of aromatic nitrogens is 1. The number of benzene rings is 1. The zero-order valence-corrected chi connectivity index (χ0v) is 12.3. The van der Waals surface area contributed by atoms with Gasteiger partial charge in [0.15, 0.2) is 0 Å². The molecule has 1 aliphatic rings. The monoisotopic (exact) mass is 280 g/mol. The maximum atomic E-state index is 12.4. The van der Waals surface area contributed by atoms with Gasteiger partial charge in [-0.15, -0.1) is 0 Å². The first kappa shape index (κ1) is 13.8. The fraction of sp³-hybridized carbons (Fsp3) is 0.333. The lowest BCUT2D eigenvalue weighted by Gasteiger charge is -2.19. The number of hydrogen-bond donors (Lipinski definition) is 0. The Labute approximate surface area is 125 Å². The Morgan fingerprint density at radius 2 is 1.86 bits per heavy atom. The van der Waals surface area contributed by atoms with Gasteiger partial charge < -0.3 is 4.90 Å². The summed E-state index contributed by atoms with van der Waals surface area (Å²) < 4.78 is 0. The van der Waals surface area contributed by atoms with Crippen molar-refractivity contribution in [3.05, 3.63) is 54.4 Å². The summed E-state index contributed by atoms with van der Waals surface area (Å²) >= 11 is 0. The van der Waals surface area contributed by atoms with Gasteiger partial charge in [0.05, 0.1) is 11.6 Å². The molecule has 3 nitrogen and oxygen atoms in total. The zero-order chi connectivity index (χ0) is 14.7. The molecule has 2 heterocycles. The molecule has 1 fully saturated rings. The van der Waals surface area contributed by atoms with Gasteiger partial charge in [-0.25, -0.2) is 0 Å². The number of likely N-dealkylation sites (tertiary alicyclic amines) is 1. The Hall–Kier alpha value is -2.16. The van der Waals surface area contributed by atoms with Crippen LogP contribution in [0.4, 0.5) is 0 Å². The molecule has 0 bridgehead atoms. The standard InChI is InChI=1S/C18H20N2O/c1-20-12-6-5-9-16(18(20)21)17-11-10-15(13-19-17)14-7-3-2-4-8-14/h2-4,7-8,10-11,13,16H,5-6,9,12H2,1H3/t16-/m1/s1. The van der Waals surface area contributed by atoms with Gasteiger partial charge in [0.1, 0.15) is 0 Å². The average Bonchev–Trinajstić information content (AvgIpc) is 2.71. The van der Waals surface area contributed by atoms with E-state index in [1.807, 2.05) is 42.4 Å². The zero-order valence-electron chi connectivity index (χ0n) is 12.3. The van der Waals surface area contributed by atoms with Crippen LogP contribution in [0, 0.1) is 0 Å². The predicted octanol–water partition coefficient (Wildman–Crippen LogP) is 3.47. The van der Waals surface area contributed by atoms with E-state index in [1.54, 1.807) is 0 Å². The van der Waals surface area contributed by atoms with Crippen molar-refractivity contribution < 1.29 is 4.79 Å².